The molecule has 0 saturated carbocycles. The van der Waals surface area contributed by atoms with Crippen LogP contribution in [-0.2, 0) is 10.2 Å². The fraction of sp³-hybridized carbons (Fsp3) is 0.375. The quantitative estimate of drug-likeness (QED) is 0.730. The zero-order valence-electron chi connectivity index (χ0n) is 18.1. The standard InChI is InChI=1S/C24H28N2O4/c1-23(2,3)15-24(4,5)16-10-12-17(13-11-16)30-14-20(27)25-26-21(28)18-8-6-7-9-19(18)22(26)29/h6-13H,14-15H2,1-5H3,(H,25,27). The molecule has 1 heterocycles. The van der Waals surface area contributed by atoms with Crippen molar-refractivity contribution in [2.24, 2.45) is 5.41 Å². The van der Waals surface area contributed by atoms with Crippen molar-refractivity contribution >= 4 is 17.7 Å². The van der Waals surface area contributed by atoms with E-state index in [-0.39, 0.29) is 28.6 Å². The fourth-order valence-electron chi connectivity index (χ4n) is 4.03. The van der Waals surface area contributed by atoms with Crippen LogP contribution in [0.2, 0.25) is 0 Å². The Hall–Kier alpha value is -3.15. The van der Waals surface area contributed by atoms with Crippen molar-refractivity contribution in [2.75, 3.05) is 6.61 Å². The van der Waals surface area contributed by atoms with Gasteiger partial charge in [0.1, 0.15) is 5.75 Å². The lowest BCUT2D eigenvalue weighted by Gasteiger charge is -2.33. The smallest absolute Gasteiger partial charge is 0.280 e. The summed E-state index contributed by atoms with van der Waals surface area (Å²) < 4.78 is 5.53. The molecule has 6 nitrogen and oxygen atoms in total. The first-order chi connectivity index (χ1) is 14.0. The lowest BCUT2D eigenvalue weighted by Crippen LogP contribution is -2.47. The molecule has 0 spiro atoms. The lowest BCUT2D eigenvalue weighted by atomic mass is 9.72. The summed E-state index contributed by atoms with van der Waals surface area (Å²) in [7, 11) is 0. The van der Waals surface area contributed by atoms with Gasteiger partial charge in [-0.05, 0) is 47.1 Å². The molecule has 0 atom stereocenters. The first kappa shape index (κ1) is 21.6. The molecule has 1 aliphatic rings. The molecule has 2 aromatic carbocycles. The van der Waals surface area contributed by atoms with E-state index in [1.54, 1.807) is 24.3 Å². The second-order valence-corrected chi connectivity index (χ2v) is 9.46. The zero-order chi connectivity index (χ0) is 22.1. The molecule has 0 bridgehead atoms. The summed E-state index contributed by atoms with van der Waals surface area (Å²) in [6.45, 7) is 10.8. The first-order valence-corrected chi connectivity index (χ1v) is 9.99. The molecule has 0 aliphatic carbocycles. The van der Waals surface area contributed by atoms with Crippen molar-refractivity contribution in [1.82, 2.24) is 10.4 Å². The van der Waals surface area contributed by atoms with Gasteiger partial charge in [-0.15, -0.1) is 0 Å². The molecule has 30 heavy (non-hydrogen) atoms. The van der Waals surface area contributed by atoms with Gasteiger partial charge in [0.2, 0.25) is 0 Å². The maximum absolute atomic E-state index is 12.3. The summed E-state index contributed by atoms with van der Waals surface area (Å²) in [5, 5.41) is 0.731. The van der Waals surface area contributed by atoms with Crippen LogP contribution in [0.25, 0.3) is 0 Å². The topological polar surface area (TPSA) is 75.7 Å². The van der Waals surface area contributed by atoms with Crippen LogP contribution in [0, 0.1) is 5.41 Å². The summed E-state index contributed by atoms with van der Waals surface area (Å²) >= 11 is 0. The van der Waals surface area contributed by atoms with E-state index in [4.69, 9.17) is 4.74 Å². The van der Waals surface area contributed by atoms with E-state index in [9.17, 15) is 14.4 Å². The molecule has 158 valence electrons. The Morgan fingerprint density at radius 3 is 1.93 bits per heavy atom. The second-order valence-electron chi connectivity index (χ2n) is 9.46. The third kappa shape index (κ3) is 4.70. The van der Waals surface area contributed by atoms with Crippen LogP contribution in [0.15, 0.2) is 48.5 Å². The number of imide groups is 1. The van der Waals surface area contributed by atoms with Gasteiger partial charge in [0, 0.05) is 0 Å². The number of carbonyl (C=O) groups excluding carboxylic acids is 3. The maximum atomic E-state index is 12.3. The number of benzene rings is 2. The maximum Gasteiger partial charge on any atom is 0.280 e. The highest BCUT2D eigenvalue weighted by molar-refractivity contribution is 6.21. The second kappa shape index (κ2) is 7.94. The van der Waals surface area contributed by atoms with Crippen molar-refractivity contribution in [3.05, 3.63) is 65.2 Å². The van der Waals surface area contributed by atoms with Crippen molar-refractivity contribution in [3.63, 3.8) is 0 Å². The molecule has 2 aromatic rings. The van der Waals surface area contributed by atoms with Crippen LogP contribution in [0.3, 0.4) is 0 Å². The number of nitrogens with one attached hydrogen (secondary N) is 1. The number of rotatable bonds is 6. The number of nitrogens with zero attached hydrogens (tertiary/aromatic N) is 1. The third-order valence-electron chi connectivity index (χ3n) is 5.01. The Labute approximate surface area is 177 Å². The van der Waals surface area contributed by atoms with E-state index in [2.05, 4.69) is 40.0 Å². The molecule has 3 amide bonds. The lowest BCUT2D eigenvalue weighted by molar-refractivity contribution is -0.126. The average molecular weight is 408 g/mol. The van der Waals surface area contributed by atoms with Gasteiger partial charge in [-0.2, -0.15) is 5.01 Å². The molecule has 0 fully saturated rings. The molecule has 6 heteroatoms. The Balaban J connectivity index is 1.57. The molecule has 0 saturated heterocycles. The van der Waals surface area contributed by atoms with Crippen molar-refractivity contribution < 1.29 is 19.1 Å². The Morgan fingerprint density at radius 1 is 0.900 bits per heavy atom. The number of fused-ring (bicyclic) bond motifs is 1. The fourth-order valence-corrected chi connectivity index (χ4v) is 4.03. The molecule has 0 radical (unpaired) electrons. The first-order valence-electron chi connectivity index (χ1n) is 9.99. The minimum absolute atomic E-state index is 0.0135. The molecule has 3 rings (SSSR count). The van der Waals surface area contributed by atoms with Gasteiger partial charge >= 0.3 is 0 Å². The van der Waals surface area contributed by atoms with Crippen LogP contribution >= 0.6 is 0 Å². The minimum atomic E-state index is -0.582. The van der Waals surface area contributed by atoms with Crippen LogP contribution in [0.5, 0.6) is 5.75 Å². The number of hydrogen-bond donors (Lipinski definition) is 1. The number of hydrogen-bond acceptors (Lipinski definition) is 4. The van der Waals surface area contributed by atoms with Crippen LogP contribution < -0.4 is 10.2 Å². The minimum Gasteiger partial charge on any atom is -0.484 e. The number of hydrazine groups is 1. The van der Waals surface area contributed by atoms with Gasteiger partial charge in [0.15, 0.2) is 6.61 Å². The van der Waals surface area contributed by atoms with Gasteiger partial charge < -0.3 is 4.74 Å². The SMILES string of the molecule is CC(C)(C)CC(C)(C)c1ccc(OCC(=O)NN2C(=O)c3ccccc3C2=O)cc1. The van der Waals surface area contributed by atoms with Gasteiger partial charge in [-0.1, -0.05) is 58.9 Å². The Kier molecular flexibility index (Phi) is 5.70. The van der Waals surface area contributed by atoms with E-state index in [0.717, 1.165) is 11.4 Å². The van der Waals surface area contributed by atoms with Gasteiger partial charge in [0.25, 0.3) is 17.7 Å². The van der Waals surface area contributed by atoms with E-state index in [1.807, 2.05) is 24.3 Å². The van der Waals surface area contributed by atoms with Gasteiger partial charge in [-0.25, -0.2) is 0 Å². The summed E-state index contributed by atoms with van der Waals surface area (Å²) in [5.41, 5.74) is 4.30. The van der Waals surface area contributed by atoms with Crippen molar-refractivity contribution in [2.45, 2.75) is 46.5 Å². The number of amides is 3. The largest absolute Gasteiger partial charge is 0.484 e. The average Bonchev–Trinajstić information content (AvgIpc) is 2.90. The van der Waals surface area contributed by atoms with E-state index in [0.29, 0.717) is 5.75 Å². The monoisotopic (exact) mass is 408 g/mol. The summed E-state index contributed by atoms with van der Waals surface area (Å²) in [6, 6.07) is 14.1. The van der Waals surface area contributed by atoms with Gasteiger partial charge in [0.05, 0.1) is 11.1 Å². The zero-order valence-corrected chi connectivity index (χ0v) is 18.1. The Morgan fingerprint density at radius 2 is 1.43 bits per heavy atom. The highest BCUT2D eigenvalue weighted by Gasteiger charge is 2.36. The van der Waals surface area contributed by atoms with Crippen molar-refractivity contribution in [3.8, 4) is 5.75 Å². The molecule has 0 aromatic heterocycles. The molecule has 0 unspecified atom stereocenters. The molecular formula is C24H28N2O4. The normalized spacial score (nSPS) is 14.0. The van der Waals surface area contributed by atoms with E-state index >= 15 is 0 Å². The van der Waals surface area contributed by atoms with Crippen LogP contribution in [0.1, 0.15) is 67.3 Å². The van der Waals surface area contributed by atoms with Crippen LogP contribution in [-0.4, -0.2) is 29.3 Å². The highest BCUT2D eigenvalue weighted by Crippen LogP contribution is 2.36. The van der Waals surface area contributed by atoms with E-state index in [1.165, 1.54) is 5.56 Å². The molecule has 1 aliphatic heterocycles. The number of carbonyl (C=O) groups is 3. The summed E-state index contributed by atoms with van der Waals surface area (Å²) in [5.74, 6) is -1.13. The third-order valence-corrected chi connectivity index (χ3v) is 5.01. The number of ether oxygens (including phenoxy) is 1. The van der Waals surface area contributed by atoms with Crippen LogP contribution in [0.4, 0.5) is 0 Å². The van der Waals surface area contributed by atoms with Gasteiger partial charge in [-0.3, -0.25) is 19.8 Å². The predicted molar refractivity (Wildman–Crippen MR) is 114 cm³/mol. The highest BCUT2D eigenvalue weighted by atomic mass is 16.5. The van der Waals surface area contributed by atoms with E-state index < -0.39 is 17.7 Å². The predicted octanol–water partition coefficient (Wildman–Crippen LogP) is 4.11. The molecule has 1 N–H and O–H groups in total. The summed E-state index contributed by atoms with van der Waals surface area (Å²) in [6.07, 6.45) is 1.03. The molecular weight excluding hydrogens is 380 g/mol. The summed E-state index contributed by atoms with van der Waals surface area (Å²) in [4.78, 5) is 36.8. The Bertz CT molecular complexity index is 936. The van der Waals surface area contributed by atoms with Crippen molar-refractivity contribution in [1.29, 1.82) is 0 Å².